The van der Waals surface area contributed by atoms with Crippen LogP contribution in [-0.2, 0) is 7.05 Å². The number of aryl methyl sites for hydroxylation is 1. The van der Waals surface area contributed by atoms with Crippen LogP contribution in [0.2, 0.25) is 13.1 Å². The maximum atomic E-state index is 5.73. The van der Waals surface area contributed by atoms with Crippen LogP contribution < -0.4 is 24.4 Å². The summed E-state index contributed by atoms with van der Waals surface area (Å²) in [5.74, 6) is 1.67. The first-order valence-electron chi connectivity index (χ1n) is 10.7. The molecule has 2 heterocycles. The number of ether oxygens (including phenoxy) is 2. The van der Waals surface area contributed by atoms with Crippen LogP contribution in [0.1, 0.15) is 5.56 Å². The predicted octanol–water partition coefficient (Wildman–Crippen LogP) is 4.46. The van der Waals surface area contributed by atoms with E-state index in [9.17, 15) is 0 Å². The monoisotopic (exact) mass is 426 g/mol. The van der Waals surface area contributed by atoms with Gasteiger partial charge >= 0.3 is 0 Å². The molecule has 0 radical (unpaired) electrons. The van der Waals surface area contributed by atoms with Crippen molar-refractivity contribution in [1.29, 1.82) is 0 Å². The number of methoxy groups -OCH3 is 2. The van der Waals surface area contributed by atoms with Gasteiger partial charge in [0.25, 0.3) is 0 Å². The van der Waals surface area contributed by atoms with Gasteiger partial charge in [0.05, 0.1) is 25.2 Å². The number of nitrogens with zero attached hydrogens (tertiary/aromatic N) is 1. The van der Waals surface area contributed by atoms with Crippen LogP contribution in [0.25, 0.3) is 33.3 Å². The largest absolute Gasteiger partial charge is 0.497 e. The van der Waals surface area contributed by atoms with Gasteiger partial charge in [0.1, 0.15) is 26.6 Å². The molecule has 0 bridgehead atoms. The first-order valence-corrected chi connectivity index (χ1v) is 13.7. The van der Waals surface area contributed by atoms with E-state index < -0.39 is 8.07 Å². The van der Waals surface area contributed by atoms with Crippen LogP contribution in [0.15, 0.2) is 60.7 Å². The summed E-state index contributed by atoms with van der Waals surface area (Å²) in [4.78, 5) is 0. The Morgan fingerprint density at radius 3 is 2.29 bits per heavy atom. The molecule has 0 amide bonds. The minimum Gasteiger partial charge on any atom is -0.497 e. The van der Waals surface area contributed by atoms with Crippen molar-refractivity contribution in [2.75, 3.05) is 14.2 Å². The van der Waals surface area contributed by atoms with E-state index in [0.29, 0.717) is 0 Å². The zero-order valence-corrected chi connectivity index (χ0v) is 20.0. The number of hydrogen-bond acceptors (Lipinski definition) is 2. The van der Waals surface area contributed by atoms with E-state index in [1.165, 1.54) is 43.7 Å². The molecule has 156 valence electrons. The van der Waals surface area contributed by atoms with Gasteiger partial charge in [0.2, 0.25) is 11.2 Å². The minimum atomic E-state index is -1.94. The molecule has 3 aromatic carbocycles. The van der Waals surface area contributed by atoms with Crippen LogP contribution in [0.5, 0.6) is 11.5 Å². The zero-order valence-electron chi connectivity index (χ0n) is 19.0. The van der Waals surface area contributed by atoms with Gasteiger partial charge in [-0.3, -0.25) is 0 Å². The normalized spacial score (nSPS) is 13.7. The van der Waals surface area contributed by atoms with Crippen LogP contribution in [0, 0.1) is 6.92 Å². The highest BCUT2D eigenvalue weighted by Crippen LogP contribution is 2.39. The van der Waals surface area contributed by atoms with Crippen LogP contribution >= 0.6 is 0 Å². The van der Waals surface area contributed by atoms with Crippen molar-refractivity contribution in [3.05, 3.63) is 66.2 Å². The molecule has 4 aromatic rings. The smallest absolute Gasteiger partial charge is 0.213 e. The van der Waals surface area contributed by atoms with E-state index in [2.05, 4.69) is 86.2 Å². The summed E-state index contributed by atoms with van der Waals surface area (Å²) in [5, 5.41) is 4.32. The number of fused-ring (bicyclic) bond motifs is 5. The van der Waals surface area contributed by atoms with E-state index in [4.69, 9.17) is 9.47 Å². The predicted molar refractivity (Wildman–Crippen MR) is 131 cm³/mol. The van der Waals surface area contributed by atoms with E-state index in [1.54, 1.807) is 14.2 Å². The zero-order chi connectivity index (χ0) is 21.9. The topological polar surface area (TPSA) is 22.3 Å². The van der Waals surface area contributed by atoms with Gasteiger partial charge in [-0.05, 0) is 29.8 Å². The van der Waals surface area contributed by atoms with Crippen LogP contribution in [0.4, 0.5) is 0 Å². The number of benzene rings is 3. The van der Waals surface area contributed by atoms with Gasteiger partial charge in [-0.2, -0.15) is 4.57 Å². The molecule has 0 aliphatic carbocycles. The minimum absolute atomic E-state index is 0.814. The second-order valence-electron chi connectivity index (χ2n) is 8.85. The summed E-state index contributed by atoms with van der Waals surface area (Å²) in [6.45, 7) is 7.09. The third-order valence-corrected chi connectivity index (χ3v) is 10.4. The molecule has 1 aromatic heterocycles. The lowest BCUT2D eigenvalue weighted by molar-refractivity contribution is -0.632. The second-order valence-corrected chi connectivity index (χ2v) is 13.1. The van der Waals surface area contributed by atoms with Gasteiger partial charge < -0.3 is 9.47 Å². The molecule has 1 aliphatic heterocycles. The third kappa shape index (κ3) is 2.68. The van der Waals surface area contributed by atoms with Crippen molar-refractivity contribution in [2.24, 2.45) is 7.05 Å². The van der Waals surface area contributed by atoms with Gasteiger partial charge in [0.15, 0.2) is 0 Å². The Kier molecular flexibility index (Phi) is 4.45. The Labute approximate surface area is 184 Å². The molecule has 31 heavy (non-hydrogen) atoms. The van der Waals surface area contributed by atoms with E-state index >= 15 is 0 Å². The fraction of sp³-hybridized carbons (Fsp3) is 0.222. The molecule has 0 fully saturated rings. The molecule has 4 heteroatoms. The Balaban J connectivity index is 2.01. The summed E-state index contributed by atoms with van der Waals surface area (Å²) < 4.78 is 13.8. The maximum absolute atomic E-state index is 5.73. The van der Waals surface area contributed by atoms with Crippen molar-refractivity contribution in [3.63, 3.8) is 0 Å². The fourth-order valence-electron chi connectivity index (χ4n) is 5.34. The Hall–Kier alpha value is -3.11. The fourth-order valence-corrected chi connectivity index (χ4v) is 8.79. The van der Waals surface area contributed by atoms with Crippen molar-refractivity contribution in [1.82, 2.24) is 0 Å². The standard InChI is InChI=1S/C27H28NO2Si/c1-17-21(15-18(29-3)16-23(17)30-4)26-27-25(19-11-7-9-13-22(19)28(26)2)20-12-8-10-14-24(20)31(27,5)6/h7-16H,1-6H3/q+1. The van der Waals surface area contributed by atoms with Gasteiger partial charge in [-0.25, -0.2) is 0 Å². The molecule has 0 N–H and O–H groups in total. The average molecular weight is 427 g/mol. The summed E-state index contributed by atoms with van der Waals surface area (Å²) in [6.07, 6.45) is 0. The molecule has 0 saturated heterocycles. The molecule has 0 spiro atoms. The highest BCUT2D eigenvalue weighted by molar-refractivity contribution is 7.04. The molecule has 5 rings (SSSR count). The molecular formula is C27H28NO2Si+. The third-order valence-electron chi connectivity index (χ3n) is 6.90. The van der Waals surface area contributed by atoms with Crippen molar-refractivity contribution in [3.8, 4) is 33.9 Å². The van der Waals surface area contributed by atoms with Crippen molar-refractivity contribution < 1.29 is 14.0 Å². The van der Waals surface area contributed by atoms with Crippen LogP contribution in [0.3, 0.4) is 0 Å². The average Bonchev–Trinajstić information content (AvgIpc) is 3.02. The lowest BCUT2D eigenvalue weighted by Crippen LogP contribution is -2.54. The first kappa shape index (κ1) is 19.8. The Bertz CT molecular complexity index is 1360. The molecule has 0 saturated carbocycles. The molecule has 1 aliphatic rings. The van der Waals surface area contributed by atoms with Crippen LogP contribution in [-0.4, -0.2) is 22.3 Å². The van der Waals surface area contributed by atoms with Gasteiger partial charge in [0, 0.05) is 28.4 Å². The van der Waals surface area contributed by atoms with E-state index in [-0.39, 0.29) is 0 Å². The summed E-state index contributed by atoms with van der Waals surface area (Å²) in [7, 11) is 3.70. The first-order chi connectivity index (χ1) is 14.9. The highest BCUT2D eigenvalue weighted by atomic mass is 28.3. The molecular weight excluding hydrogens is 398 g/mol. The maximum Gasteiger partial charge on any atom is 0.213 e. The van der Waals surface area contributed by atoms with Crippen molar-refractivity contribution >= 4 is 29.4 Å². The lowest BCUT2D eigenvalue weighted by Gasteiger charge is -2.22. The number of pyridine rings is 1. The number of para-hydroxylation sites is 1. The summed E-state index contributed by atoms with van der Waals surface area (Å²) in [5.41, 5.74) is 7.61. The van der Waals surface area contributed by atoms with Crippen molar-refractivity contribution in [2.45, 2.75) is 20.0 Å². The molecule has 0 atom stereocenters. The lowest BCUT2D eigenvalue weighted by atomic mass is 9.96. The summed E-state index contributed by atoms with van der Waals surface area (Å²) in [6, 6.07) is 21.9. The molecule has 0 unspecified atom stereocenters. The van der Waals surface area contributed by atoms with E-state index in [1.807, 2.05) is 6.07 Å². The van der Waals surface area contributed by atoms with Gasteiger partial charge in [-0.15, -0.1) is 0 Å². The van der Waals surface area contributed by atoms with Gasteiger partial charge in [-0.1, -0.05) is 49.5 Å². The molecule has 3 nitrogen and oxygen atoms in total. The second kappa shape index (κ2) is 6.96. The Morgan fingerprint density at radius 2 is 1.55 bits per heavy atom. The quantitative estimate of drug-likeness (QED) is 0.356. The number of rotatable bonds is 3. The number of hydrogen-bond donors (Lipinski definition) is 0. The number of aromatic nitrogens is 1. The summed E-state index contributed by atoms with van der Waals surface area (Å²) >= 11 is 0. The Morgan fingerprint density at radius 1 is 0.839 bits per heavy atom. The highest BCUT2D eigenvalue weighted by Gasteiger charge is 2.45. The SMILES string of the molecule is COc1cc(OC)c(C)c(-c2c3c(c4ccccc4[n+]2C)-c2ccccc2[Si]3(C)C)c1. The van der Waals surface area contributed by atoms with E-state index in [0.717, 1.165) is 17.1 Å².